The second-order valence-corrected chi connectivity index (χ2v) is 5.64. The Labute approximate surface area is 115 Å². The van der Waals surface area contributed by atoms with Crippen molar-refractivity contribution < 1.29 is 9.47 Å². The molecule has 2 rings (SSSR count). The van der Waals surface area contributed by atoms with Crippen LogP contribution in [0, 0.1) is 17.2 Å². The molecule has 0 bridgehead atoms. The van der Waals surface area contributed by atoms with Crippen LogP contribution in [-0.4, -0.2) is 18.5 Å². The van der Waals surface area contributed by atoms with E-state index in [1.807, 2.05) is 19.1 Å². The summed E-state index contributed by atoms with van der Waals surface area (Å²) in [5, 5.41) is 9.48. The van der Waals surface area contributed by atoms with Gasteiger partial charge in [0.05, 0.1) is 12.7 Å². The van der Waals surface area contributed by atoms with Crippen molar-refractivity contribution in [2.24, 2.45) is 5.92 Å². The van der Waals surface area contributed by atoms with Gasteiger partial charge in [-0.1, -0.05) is 38.1 Å². The van der Waals surface area contributed by atoms with E-state index in [0.29, 0.717) is 25.4 Å². The molecule has 3 nitrogen and oxygen atoms in total. The summed E-state index contributed by atoms with van der Waals surface area (Å²) >= 11 is 0. The fourth-order valence-electron chi connectivity index (χ4n) is 2.45. The maximum Gasteiger partial charge on any atom is 0.165 e. The first-order chi connectivity index (χ1) is 9.04. The minimum Gasteiger partial charge on any atom is -0.353 e. The van der Waals surface area contributed by atoms with E-state index in [4.69, 9.17) is 9.47 Å². The number of benzene rings is 1. The Bertz CT molecular complexity index is 451. The van der Waals surface area contributed by atoms with Gasteiger partial charge < -0.3 is 9.47 Å². The van der Waals surface area contributed by atoms with Gasteiger partial charge in [0.15, 0.2) is 11.9 Å². The quantitative estimate of drug-likeness (QED) is 0.763. The molecule has 0 fully saturated rings. The van der Waals surface area contributed by atoms with Crippen LogP contribution in [0.5, 0.6) is 0 Å². The molecular weight excluding hydrogens is 238 g/mol. The molecule has 0 saturated carbocycles. The highest BCUT2D eigenvalue weighted by Gasteiger charge is 2.40. The van der Waals surface area contributed by atoms with Gasteiger partial charge >= 0.3 is 0 Å². The molecule has 102 valence electrons. The summed E-state index contributed by atoms with van der Waals surface area (Å²) in [5.74, 6) is 0.463. The fourth-order valence-corrected chi connectivity index (χ4v) is 2.45. The normalized spacial score (nSPS) is 18.1. The molecule has 0 aromatic heterocycles. The lowest BCUT2D eigenvalue weighted by molar-refractivity contribution is -0.184. The highest BCUT2D eigenvalue weighted by atomic mass is 16.7. The van der Waals surface area contributed by atoms with Crippen LogP contribution in [0.1, 0.15) is 31.9 Å². The second-order valence-electron chi connectivity index (χ2n) is 5.64. The Morgan fingerprint density at radius 1 is 1.21 bits per heavy atom. The number of ether oxygens (including phenoxy) is 2. The van der Waals surface area contributed by atoms with Crippen LogP contribution in [0.25, 0.3) is 0 Å². The predicted octanol–water partition coefficient (Wildman–Crippen LogP) is 3.08. The van der Waals surface area contributed by atoms with Gasteiger partial charge in [0.2, 0.25) is 0 Å². The summed E-state index contributed by atoms with van der Waals surface area (Å²) in [5.41, 5.74) is 1.65. The molecule has 0 spiro atoms. The van der Waals surface area contributed by atoms with E-state index < -0.39 is 5.60 Å². The lowest BCUT2D eigenvalue weighted by Gasteiger charge is -2.26. The van der Waals surface area contributed by atoms with Crippen LogP contribution in [-0.2, 0) is 22.3 Å². The van der Waals surface area contributed by atoms with E-state index in [9.17, 15) is 5.26 Å². The molecule has 19 heavy (non-hydrogen) atoms. The molecule has 3 heteroatoms. The number of nitrogens with zero attached hydrogens (tertiary/aromatic N) is 1. The Morgan fingerprint density at radius 2 is 1.79 bits per heavy atom. The Hall–Kier alpha value is -1.37. The Kier molecular flexibility index (Phi) is 4.24. The average molecular weight is 259 g/mol. The molecule has 1 aromatic carbocycles. The highest BCUT2D eigenvalue weighted by Crippen LogP contribution is 2.33. The van der Waals surface area contributed by atoms with Gasteiger partial charge in [-0.15, -0.1) is 0 Å². The van der Waals surface area contributed by atoms with E-state index in [1.54, 1.807) is 0 Å². The summed E-state index contributed by atoms with van der Waals surface area (Å²) in [6, 6.07) is 10.5. The molecule has 0 heterocycles. The van der Waals surface area contributed by atoms with Crippen molar-refractivity contribution in [1.82, 2.24) is 0 Å². The molecule has 1 aromatic rings. The van der Waals surface area contributed by atoms with E-state index in [-0.39, 0.29) is 6.29 Å². The van der Waals surface area contributed by atoms with Gasteiger partial charge in [-0.2, -0.15) is 5.26 Å². The third-order valence-electron chi connectivity index (χ3n) is 3.33. The summed E-state index contributed by atoms with van der Waals surface area (Å²) in [4.78, 5) is 0. The summed E-state index contributed by atoms with van der Waals surface area (Å²) < 4.78 is 11.5. The van der Waals surface area contributed by atoms with Gasteiger partial charge in [-0.3, -0.25) is 0 Å². The fraction of sp³-hybridized carbons (Fsp3) is 0.562. The predicted molar refractivity (Wildman–Crippen MR) is 73.5 cm³/mol. The summed E-state index contributed by atoms with van der Waals surface area (Å²) in [6.45, 7) is 6.70. The summed E-state index contributed by atoms with van der Waals surface area (Å²) in [7, 11) is 0. The highest BCUT2D eigenvalue weighted by molar-refractivity contribution is 5.38. The summed E-state index contributed by atoms with van der Waals surface area (Å²) in [6.07, 6.45) is 0.945. The van der Waals surface area contributed by atoms with Crippen molar-refractivity contribution >= 4 is 0 Å². The van der Waals surface area contributed by atoms with Crippen molar-refractivity contribution in [2.45, 2.75) is 45.5 Å². The number of rotatable bonds is 5. The first-order valence-electron chi connectivity index (χ1n) is 6.82. The Morgan fingerprint density at radius 3 is 2.26 bits per heavy atom. The van der Waals surface area contributed by atoms with Crippen LogP contribution < -0.4 is 0 Å². The van der Waals surface area contributed by atoms with Crippen LogP contribution in [0.4, 0.5) is 0 Å². The monoisotopic (exact) mass is 259 g/mol. The minimum absolute atomic E-state index is 0.351. The maximum atomic E-state index is 9.48. The first kappa shape index (κ1) is 14.0. The minimum atomic E-state index is -0.764. The van der Waals surface area contributed by atoms with Crippen LogP contribution in [0.2, 0.25) is 0 Å². The molecule has 0 N–H and O–H groups in total. The standard InChI is InChI=1S/C16H21NO2/c1-12(2)10-18-13(3)19-16(11-17)8-14-6-4-5-7-15(14)9-16/h4-7,12-13H,8-10H2,1-3H3. The van der Waals surface area contributed by atoms with Gasteiger partial charge in [-0.25, -0.2) is 0 Å². The largest absolute Gasteiger partial charge is 0.353 e. The van der Waals surface area contributed by atoms with Gasteiger partial charge in [0.25, 0.3) is 0 Å². The van der Waals surface area contributed by atoms with Crippen molar-refractivity contribution in [2.75, 3.05) is 6.61 Å². The number of fused-ring (bicyclic) bond motifs is 1. The molecule has 1 aliphatic carbocycles. The lowest BCUT2D eigenvalue weighted by atomic mass is 10.0. The molecule has 0 aliphatic heterocycles. The van der Waals surface area contributed by atoms with E-state index in [2.05, 4.69) is 32.0 Å². The SMILES string of the molecule is CC(C)COC(C)OC1(C#N)Cc2ccccc2C1. The second kappa shape index (κ2) is 5.73. The molecular formula is C16H21NO2. The van der Waals surface area contributed by atoms with Crippen molar-refractivity contribution in [3.63, 3.8) is 0 Å². The third-order valence-corrected chi connectivity index (χ3v) is 3.33. The zero-order chi connectivity index (χ0) is 13.9. The van der Waals surface area contributed by atoms with Gasteiger partial charge in [0.1, 0.15) is 0 Å². The van der Waals surface area contributed by atoms with Crippen molar-refractivity contribution in [3.8, 4) is 6.07 Å². The van der Waals surface area contributed by atoms with Crippen LogP contribution >= 0.6 is 0 Å². The molecule has 1 atom stereocenters. The zero-order valence-corrected chi connectivity index (χ0v) is 11.8. The topological polar surface area (TPSA) is 42.2 Å². The van der Waals surface area contributed by atoms with Crippen molar-refractivity contribution in [3.05, 3.63) is 35.4 Å². The lowest BCUT2D eigenvalue weighted by Crippen LogP contribution is -2.36. The zero-order valence-electron chi connectivity index (χ0n) is 11.8. The first-order valence-corrected chi connectivity index (χ1v) is 6.82. The molecule has 0 saturated heterocycles. The van der Waals surface area contributed by atoms with Crippen molar-refractivity contribution in [1.29, 1.82) is 5.26 Å². The number of hydrogen-bond acceptors (Lipinski definition) is 3. The molecule has 1 unspecified atom stereocenters. The van der Waals surface area contributed by atoms with Gasteiger partial charge in [-0.05, 0) is 24.0 Å². The van der Waals surface area contributed by atoms with E-state index >= 15 is 0 Å². The van der Waals surface area contributed by atoms with Crippen LogP contribution in [0.15, 0.2) is 24.3 Å². The smallest absolute Gasteiger partial charge is 0.165 e. The maximum absolute atomic E-state index is 9.48. The third kappa shape index (κ3) is 3.34. The number of nitriles is 1. The van der Waals surface area contributed by atoms with Crippen LogP contribution in [0.3, 0.4) is 0 Å². The molecule has 0 radical (unpaired) electrons. The average Bonchev–Trinajstić information content (AvgIpc) is 2.75. The molecule has 1 aliphatic rings. The molecule has 0 amide bonds. The number of hydrogen-bond donors (Lipinski definition) is 0. The van der Waals surface area contributed by atoms with E-state index in [1.165, 1.54) is 11.1 Å². The Balaban J connectivity index is 2.01. The van der Waals surface area contributed by atoms with Gasteiger partial charge in [0, 0.05) is 12.8 Å². The van der Waals surface area contributed by atoms with E-state index in [0.717, 1.165) is 0 Å².